The van der Waals surface area contributed by atoms with E-state index in [4.69, 9.17) is 4.74 Å². The van der Waals surface area contributed by atoms with E-state index in [9.17, 15) is 28.2 Å². The first-order valence-corrected chi connectivity index (χ1v) is 8.67. The molecular formula is C19H17F3N2O4. The number of aliphatic hydroxyl groups is 2. The molecule has 2 bridgehead atoms. The summed E-state index contributed by atoms with van der Waals surface area (Å²) in [5.74, 6) is -2.02. The van der Waals surface area contributed by atoms with Crippen molar-refractivity contribution >= 4 is 11.6 Å². The lowest BCUT2D eigenvalue weighted by Gasteiger charge is -2.33. The van der Waals surface area contributed by atoms with Gasteiger partial charge in [-0.2, -0.15) is 13.2 Å². The molecule has 0 aliphatic carbocycles. The van der Waals surface area contributed by atoms with Crippen LogP contribution in [0.3, 0.4) is 0 Å². The first-order chi connectivity index (χ1) is 13.3. The molecule has 6 atom stereocenters. The van der Waals surface area contributed by atoms with Gasteiger partial charge in [-0.05, 0) is 35.9 Å². The number of carbonyl (C=O) groups excluding carboxylic acids is 1. The second-order valence-corrected chi connectivity index (χ2v) is 6.95. The number of nitrogens with zero attached hydrogens (tertiary/aromatic N) is 1. The number of hydrogen-bond donors (Lipinski definition) is 3. The Hall–Kier alpha value is -2.49. The fraction of sp³-hybridized carbons (Fsp3) is 0.368. The highest BCUT2D eigenvalue weighted by Gasteiger charge is 2.61. The monoisotopic (exact) mass is 394 g/mol. The number of amides is 1. The number of aliphatic hydroxyl groups excluding tert-OH is 2. The van der Waals surface area contributed by atoms with Crippen molar-refractivity contribution in [1.82, 2.24) is 4.98 Å². The second-order valence-electron chi connectivity index (χ2n) is 6.95. The van der Waals surface area contributed by atoms with E-state index >= 15 is 0 Å². The van der Waals surface area contributed by atoms with Crippen LogP contribution >= 0.6 is 0 Å². The SMILES string of the molecule is O=C(Nc1cccc(C(F)(F)F)c1)[C@H]1[C@@H]2O[C@@H]([C@@H](O)[C@H]2O)[C@@H]1c1ccncc1. The maximum atomic E-state index is 12.9. The Labute approximate surface area is 158 Å². The van der Waals surface area contributed by atoms with Gasteiger partial charge < -0.3 is 20.3 Å². The van der Waals surface area contributed by atoms with Gasteiger partial charge in [0.05, 0.1) is 23.7 Å². The van der Waals surface area contributed by atoms with Gasteiger partial charge in [-0.25, -0.2) is 0 Å². The van der Waals surface area contributed by atoms with Gasteiger partial charge in [-0.1, -0.05) is 6.07 Å². The normalized spacial score (nSPS) is 31.8. The molecule has 2 aliphatic heterocycles. The van der Waals surface area contributed by atoms with Crippen LogP contribution in [0.2, 0.25) is 0 Å². The van der Waals surface area contributed by atoms with E-state index in [1.54, 1.807) is 12.1 Å². The predicted molar refractivity (Wildman–Crippen MR) is 91.2 cm³/mol. The van der Waals surface area contributed by atoms with Crippen LogP contribution < -0.4 is 5.32 Å². The van der Waals surface area contributed by atoms with E-state index in [-0.39, 0.29) is 5.69 Å². The van der Waals surface area contributed by atoms with Crippen LogP contribution in [0.15, 0.2) is 48.8 Å². The molecule has 2 aliphatic rings. The molecule has 3 N–H and O–H groups in total. The van der Waals surface area contributed by atoms with E-state index in [0.717, 1.165) is 12.1 Å². The van der Waals surface area contributed by atoms with Gasteiger partial charge in [0.2, 0.25) is 5.91 Å². The minimum absolute atomic E-state index is 0.00823. The Morgan fingerprint density at radius 1 is 1.07 bits per heavy atom. The molecule has 2 fully saturated rings. The quantitative estimate of drug-likeness (QED) is 0.740. The van der Waals surface area contributed by atoms with Crippen LogP contribution in [0, 0.1) is 5.92 Å². The van der Waals surface area contributed by atoms with Crippen molar-refractivity contribution in [3.05, 3.63) is 59.9 Å². The molecule has 9 heteroatoms. The fourth-order valence-corrected chi connectivity index (χ4v) is 4.03. The highest BCUT2D eigenvalue weighted by molar-refractivity contribution is 5.94. The lowest BCUT2D eigenvalue weighted by Crippen LogP contribution is -2.49. The molecule has 0 saturated carbocycles. The van der Waals surface area contributed by atoms with Crippen LogP contribution in [-0.2, 0) is 15.7 Å². The third-order valence-electron chi connectivity index (χ3n) is 5.28. The summed E-state index contributed by atoms with van der Waals surface area (Å²) in [6, 6.07) is 7.67. The summed E-state index contributed by atoms with van der Waals surface area (Å²) in [7, 11) is 0. The summed E-state index contributed by atoms with van der Waals surface area (Å²) in [5.41, 5.74) is -0.195. The van der Waals surface area contributed by atoms with Gasteiger partial charge in [0.25, 0.3) is 0 Å². The van der Waals surface area contributed by atoms with Crippen molar-refractivity contribution in [2.24, 2.45) is 5.92 Å². The van der Waals surface area contributed by atoms with Gasteiger partial charge in [0, 0.05) is 24.0 Å². The third kappa shape index (κ3) is 3.15. The van der Waals surface area contributed by atoms with E-state index in [0.29, 0.717) is 5.56 Å². The molecule has 1 aromatic heterocycles. The molecule has 148 valence electrons. The Morgan fingerprint density at radius 2 is 1.75 bits per heavy atom. The Morgan fingerprint density at radius 3 is 2.43 bits per heavy atom. The standard InChI is InChI=1S/C19H17F3N2O4/c20-19(21,22)10-2-1-3-11(8-10)24-18(27)13-12(9-4-6-23-7-5-9)16-14(25)15(26)17(13)28-16/h1-8,12-17,25-26H,(H,24,27)/t12-,13-,14+,15-,16-,17+/m1/s1. The number of anilines is 1. The fourth-order valence-electron chi connectivity index (χ4n) is 4.03. The summed E-state index contributed by atoms with van der Waals surface area (Å²) in [4.78, 5) is 16.8. The van der Waals surface area contributed by atoms with E-state index < -0.39 is 53.9 Å². The third-order valence-corrected chi connectivity index (χ3v) is 5.28. The van der Waals surface area contributed by atoms with Crippen molar-refractivity contribution < 1.29 is 32.9 Å². The van der Waals surface area contributed by atoms with Gasteiger partial charge in [-0.3, -0.25) is 9.78 Å². The van der Waals surface area contributed by atoms with Gasteiger partial charge in [-0.15, -0.1) is 0 Å². The van der Waals surface area contributed by atoms with E-state index in [1.165, 1.54) is 24.5 Å². The lowest BCUT2D eigenvalue weighted by atomic mass is 9.73. The summed E-state index contributed by atoms with van der Waals surface area (Å²) in [6.07, 6.45) is -5.61. The number of alkyl halides is 3. The van der Waals surface area contributed by atoms with Crippen LogP contribution in [0.4, 0.5) is 18.9 Å². The minimum Gasteiger partial charge on any atom is -0.388 e. The lowest BCUT2D eigenvalue weighted by molar-refractivity contribution is -0.137. The highest BCUT2D eigenvalue weighted by Crippen LogP contribution is 2.49. The number of pyridine rings is 1. The average Bonchev–Trinajstić information content (AvgIpc) is 3.19. The number of nitrogens with one attached hydrogen (secondary N) is 1. The molecule has 0 spiro atoms. The molecular weight excluding hydrogens is 377 g/mol. The van der Waals surface area contributed by atoms with Crippen molar-refractivity contribution in [3.63, 3.8) is 0 Å². The Balaban J connectivity index is 1.62. The zero-order chi connectivity index (χ0) is 20.1. The largest absolute Gasteiger partial charge is 0.416 e. The number of fused-ring (bicyclic) bond motifs is 2. The van der Waals surface area contributed by atoms with Gasteiger partial charge in [0.1, 0.15) is 12.2 Å². The number of hydrogen-bond acceptors (Lipinski definition) is 5. The molecule has 4 rings (SSSR count). The van der Waals surface area contributed by atoms with Crippen molar-refractivity contribution in [3.8, 4) is 0 Å². The van der Waals surface area contributed by atoms with Crippen LogP contribution in [0.5, 0.6) is 0 Å². The number of benzene rings is 1. The smallest absolute Gasteiger partial charge is 0.388 e. The first-order valence-electron chi connectivity index (χ1n) is 8.67. The molecule has 2 aromatic rings. The molecule has 3 heterocycles. The van der Waals surface area contributed by atoms with Crippen LogP contribution in [-0.4, -0.2) is 45.5 Å². The molecule has 28 heavy (non-hydrogen) atoms. The maximum Gasteiger partial charge on any atom is 0.416 e. The first kappa shape index (κ1) is 18.9. The zero-order valence-corrected chi connectivity index (χ0v) is 14.4. The minimum atomic E-state index is -4.53. The number of halogens is 3. The predicted octanol–water partition coefficient (Wildman–Crippen LogP) is 1.94. The number of carbonyl (C=O) groups is 1. The topological polar surface area (TPSA) is 91.7 Å². The van der Waals surface area contributed by atoms with Crippen LogP contribution in [0.1, 0.15) is 17.0 Å². The molecule has 0 unspecified atom stereocenters. The number of aromatic nitrogens is 1. The zero-order valence-electron chi connectivity index (χ0n) is 14.4. The van der Waals surface area contributed by atoms with Crippen molar-refractivity contribution in [2.45, 2.75) is 36.5 Å². The molecule has 1 amide bonds. The molecule has 0 radical (unpaired) electrons. The van der Waals surface area contributed by atoms with Gasteiger partial charge in [0.15, 0.2) is 0 Å². The van der Waals surface area contributed by atoms with E-state index in [1.807, 2.05) is 0 Å². The highest BCUT2D eigenvalue weighted by atomic mass is 19.4. The maximum absolute atomic E-state index is 12.9. The van der Waals surface area contributed by atoms with Crippen molar-refractivity contribution in [1.29, 1.82) is 0 Å². The average molecular weight is 394 g/mol. The van der Waals surface area contributed by atoms with E-state index in [2.05, 4.69) is 10.3 Å². The summed E-state index contributed by atoms with van der Waals surface area (Å²) in [6.45, 7) is 0. The summed E-state index contributed by atoms with van der Waals surface area (Å²) < 4.78 is 44.4. The molecule has 6 nitrogen and oxygen atoms in total. The number of rotatable bonds is 3. The Bertz CT molecular complexity index is 877. The summed E-state index contributed by atoms with van der Waals surface area (Å²) in [5, 5.41) is 22.8. The molecule has 1 aromatic carbocycles. The summed E-state index contributed by atoms with van der Waals surface area (Å²) >= 11 is 0. The van der Waals surface area contributed by atoms with Gasteiger partial charge >= 0.3 is 6.18 Å². The van der Waals surface area contributed by atoms with Crippen LogP contribution in [0.25, 0.3) is 0 Å². The number of ether oxygens (including phenoxy) is 1. The van der Waals surface area contributed by atoms with Crippen molar-refractivity contribution in [2.75, 3.05) is 5.32 Å². The molecule has 2 saturated heterocycles. The Kier molecular flexibility index (Phi) is 4.60. The second kappa shape index (κ2) is 6.84.